The molecule has 5 rings (SSSR count). The van der Waals surface area contributed by atoms with Crippen molar-refractivity contribution in [2.45, 2.75) is 23.9 Å². The van der Waals surface area contributed by atoms with Gasteiger partial charge in [-0.2, -0.15) is 4.98 Å². The van der Waals surface area contributed by atoms with Crippen LogP contribution in [0.4, 0.5) is 16.0 Å². The van der Waals surface area contributed by atoms with E-state index in [1.54, 1.807) is 28.2 Å². The van der Waals surface area contributed by atoms with Crippen LogP contribution in [0.1, 0.15) is 23.4 Å². The Bertz CT molecular complexity index is 1320. The predicted octanol–water partition coefficient (Wildman–Crippen LogP) is 5.70. The Morgan fingerprint density at radius 1 is 1.15 bits per heavy atom. The van der Waals surface area contributed by atoms with E-state index < -0.39 is 6.04 Å². The average molecular weight is 478 g/mol. The van der Waals surface area contributed by atoms with Gasteiger partial charge in [-0.25, -0.2) is 9.07 Å². The van der Waals surface area contributed by atoms with Crippen LogP contribution in [-0.4, -0.2) is 20.7 Å². The smallest absolute Gasteiger partial charge is 0.255 e. The van der Waals surface area contributed by atoms with E-state index in [4.69, 9.17) is 0 Å². The zero-order valence-corrected chi connectivity index (χ0v) is 19.3. The molecule has 0 bridgehead atoms. The molecular weight excluding hydrogens is 457 g/mol. The van der Waals surface area contributed by atoms with E-state index >= 15 is 0 Å². The maximum Gasteiger partial charge on any atom is 0.255 e. The second-order valence-corrected chi connectivity index (χ2v) is 9.37. The van der Waals surface area contributed by atoms with Gasteiger partial charge in [-0.05, 0) is 42.1 Å². The summed E-state index contributed by atoms with van der Waals surface area (Å²) in [5.74, 6) is 0.513. The third kappa shape index (κ3) is 4.42. The molecule has 1 amide bonds. The number of carbonyl (C=O) groups excluding carboxylic acids is 1. The Morgan fingerprint density at radius 2 is 1.94 bits per heavy atom. The summed E-state index contributed by atoms with van der Waals surface area (Å²) in [5.41, 5.74) is 2.60. The van der Waals surface area contributed by atoms with Crippen molar-refractivity contribution in [1.29, 1.82) is 0 Å². The van der Waals surface area contributed by atoms with Crippen LogP contribution in [0.2, 0.25) is 0 Å². The molecule has 33 heavy (non-hydrogen) atoms. The number of carbonyl (C=O) groups is 1. The minimum absolute atomic E-state index is 0.202. The number of benzene rings is 2. The number of hydrogen-bond donors (Lipinski definition) is 2. The van der Waals surface area contributed by atoms with Gasteiger partial charge >= 0.3 is 0 Å². The van der Waals surface area contributed by atoms with Crippen molar-refractivity contribution < 1.29 is 9.18 Å². The second-order valence-electron chi connectivity index (χ2n) is 7.44. The number of thiophene rings is 1. The number of anilines is 2. The zero-order valence-electron chi connectivity index (χ0n) is 17.7. The van der Waals surface area contributed by atoms with Crippen LogP contribution < -0.4 is 10.6 Å². The molecule has 9 heteroatoms. The van der Waals surface area contributed by atoms with Crippen LogP contribution in [0, 0.1) is 5.82 Å². The number of aromatic nitrogens is 3. The minimum atomic E-state index is -0.416. The molecule has 1 aliphatic rings. The summed E-state index contributed by atoms with van der Waals surface area (Å²) in [4.78, 5) is 18.9. The highest BCUT2D eigenvalue weighted by Gasteiger charge is 2.35. The summed E-state index contributed by atoms with van der Waals surface area (Å²) in [5, 5.41) is 13.4. The van der Waals surface area contributed by atoms with Gasteiger partial charge < -0.3 is 10.6 Å². The summed E-state index contributed by atoms with van der Waals surface area (Å²) < 4.78 is 15.8. The first-order chi connectivity index (χ1) is 16.1. The van der Waals surface area contributed by atoms with Gasteiger partial charge in [0.1, 0.15) is 11.9 Å². The zero-order chi connectivity index (χ0) is 22.8. The Labute approximate surface area is 198 Å². The van der Waals surface area contributed by atoms with Crippen molar-refractivity contribution in [3.8, 4) is 0 Å². The Balaban J connectivity index is 1.46. The van der Waals surface area contributed by atoms with Crippen LogP contribution in [-0.2, 0) is 10.5 Å². The van der Waals surface area contributed by atoms with Crippen LogP contribution >= 0.6 is 23.1 Å². The fraction of sp³-hybridized carbons (Fsp3) is 0.125. The molecule has 166 valence electrons. The minimum Gasteiger partial charge on any atom is -0.328 e. The van der Waals surface area contributed by atoms with Gasteiger partial charge in [0, 0.05) is 22.0 Å². The summed E-state index contributed by atoms with van der Waals surface area (Å²) in [6, 6.07) is 19.6. The molecule has 0 aliphatic carbocycles. The molecule has 1 aliphatic heterocycles. The maximum atomic E-state index is 14.0. The fourth-order valence-electron chi connectivity index (χ4n) is 3.67. The third-order valence-electron chi connectivity index (χ3n) is 5.24. The molecule has 4 aromatic rings. The van der Waals surface area contributed by atoms with Crippen molar-refractivity contribution >= 4 is 40.6 Å². The van der Waals surface area contributed by atoms with E-state index in [2.05, 4.69) is 20.7 Å². The highest BCUT2D eigenvalue weighted by atomic mass is 32.2. The molecule has 0 spiro atoms. The normalized spacial score (nSPS) is 15.2. The van der Waals surface area contributed by atoms with Crippen LogP contribution in [0.25, 0.3) is 0 Å². The standard InChI is InChI=1S/C24H20FN5OS2/c1-15-20(22(31)27-17-9-3-2-4-10-17)21(19-12-7-13-32-19)30-23(26-15)28-24(29-30)33-14-16-8-5-6-11-18(16)25/h2-13,21H,14H2,1H3,(H,27,31)(H,26,28,29)/t21-/m1/s1. The van der Waals surface area contributed by atoms with Crippen molar-refractivity contribution in [2.75, 3.05) is 10.6 Å². The van der Waals surface area contributed by atoms with Crippen molar-refractivity contribution in [2.24, 2.45) is 0 Å². The average Bonchev–Trinajstić information content (AvgIpc) is 3.48. The lowest BCUT2D eigenvalue weighted by molar-refractivity contribution is -0.113. The summed E-state index contributed by atoms with van der Waals surface area (Å²) in [7, 11) is 0. The molecule has 0 saturated heterocycles. The molecule has 3 heterocycles. The lowest BCUT2D eigenvalue weighted by atomic mass is 10.0. The highest BCUT2D eigenvalue weighted by molar-refractivity contribution is 7.98. The van der Waals surface area contributed by atoms with E-state index in [9.17, 15) is 9.18 Å². The van der Waals surface area contributed by atoms with E-state index in [-0.39, 0.29) is 11.7 Å². The Hall–Kier alpha value is -3.43. The van der Waals surface area contributed by atoms with Gasteiger partial charge in [-0.15, -0.1) is 16.4 Å². The lowest BCUT2D eigenvalue weighted by Gasteiger charge is -2.27. The number of halogens is 1. The van der Waals surface area contributed by atoms with Crippen LogP contribution in [0.3, 0.4) is 0 Å². The van der Waals surface area contributed by atoms with Gasteiger partial charge in [0.25, 0.3) is 5.91 Å². The van der Waals surface area contributed by atoms with E-state index in [1.165, 1.54) is 17.8 Å². The summed E-state index contributed by atoms with van der Waals surface area (Å²) >= 11 is 2.91. The quantitative estimate of drug-likeness (QED) is 0.349. The number of thioether (sulfide) groups is 1. The number of allylic oxidation sites excluding steroid dienone is 1. The second kappa shape index (κ2) is 9.21. The molecule has 0 unspecified atom stereocenters. The van der Waals surface area contributed by atoms with Gasteiger partial charge in [0.15, 0.2) is 0 Å². The molecule has 2 aromatic heterocycles. The van der Waals surface area contributed by atoms with Crippen molar-refractivity contribution in [3.63, 3.8) is 0 Å². The fourth-order valence-corrected chi connectivity index (χ4v) is 5.31. The number of nitrogens with zero attached hydrogens (tertiary/aromatic N) is 3. The molecule has 0 saturated carbocycles. The summed E-state index contributed by atoms with van der Waals surface area (Å²) in [6.07, 6.45) is 0. The first-order valence-electron chi connectivity index (χ1n) is 10.3. The van der Waals surface area contributed by atoms with Crippen molar-refractivity contribution in [3.05, 3.63) is 99.6 Å². The van der Waals surface area contributed by atoms with E-state index in [1.807, 2.05) is 60.8 Å². The SMILES string of the molecule is CC1=C(C(=O)Nc2ccccc2)[C@@H](c2cccs2)n2nc(SCc3ccccc3F)nc2N1. The largest absolute Gasteiger partial charge is 0.328 e. The Kier molecular flexibility index (Phi) is 5.97. The number of fused-ring (bicyclic) bond motifs is 1. The lowest BCUT2D eigenvalue weighted by Crippen LogP contribution is -2.31. The molecule has 1 atom stereocenters. The molecule has 6 nitrogen and oxygen atoms in total. The maximum absolute atomic E-state index is 14.0. The highest BCUT2D eigenvalue weighted by Crippen LogP contribution is 2.38. The third-order valence-corrected chi connectivity index (χ3v) is 7.05. The molecule has 0 fully saturated rings. The first kappa shape index (κ1) is 21.4. The van der Waals surface area contributed by atoms with Gasteiger partial charge in [0.2, 0.25) is 11.1 Å². The Morgan fingerprint density at radius 3 is 2.70 bits per heavy atom. The monoisotopic (exact) mass is 477 g/mol. The van der Waals surface area contributed by atoms with Crippen LogP contribution in [0.5, 0.6) is 0 Å². The number of nitrogens with one attached hydrogen (secondary N) is 2. The number of amides is 1. The van der Waals surface area contributed by atoms with Gasteiger partial charge in [-0.1, -0.05) is 54.2 Å². The molecule has 0 radical (unpaired) electrons. The summed E-state index contributed by atoms with van der Waals surface area (Å²) in [6.45, 7) is 1.87. The first-order valence-corrected chi connectivity index (χ1v) is 12.2. The van der Waals surface area contributed by atoms with Gasteiger partial charge in [0.05, 0.1) is 5.57 Å². The number of rotatable bonds is 6. The van der Waals surface area contributed by atoms with E-state index in [0.29, 0.717) is 33.7 Å². The number of hydrogen-bond acceptors (Lipinski definition) is 6. The van der Waals surface area contributed by atoms with Crippen LogP contribution in [0.15, 0.2) is 88.5 Å². The topological polar surface area (TPSA) is 71.8 Å². The van der Waals surface area contributed by atoms with Gasteiger partial charge in [-0.3, -0.25) is 4.79 Å². The molecule has 2 aromatic carbocycles. The van der Waals surface area contributed by atoms with Crippen molar-refractivity contribution in [1.82, 2.24) is 14.8 Å². The predicted molar refractivity (Wildman–Crippen MR) is 130 cm³/mol. The molecular formula is C24H20FN5OS2. The number of para-hydroxylation sites is 1. The molecule has 2 N–H and O–H groups in total. The van der Waals surface area contributed by atoms with E-state index in [0.717, 1.165) is 10.6 Å².